The molecule has 1 amide bonds. The van der Waals surface area contributed by atoms with Gasteiger partial charge in [0.2, 0.25) is 5.91 Å². The molecule has 0 aliphatic carbocycles. The van der Waals surface area contributed by atoms with Crippen molar-refractivity contribution in [2.24, 2.45) is 5.73 Å². The van der Waals surface area contributed by atoms with E-state index in [2.05, 4.69) is 64.8 Å². The highest BCUT2D eigenvalue weighted by Gasteiger charge is 2.06. The maximum Gasteiger partial charge on any atom is 0.217 e. The first kappa shape index (κ1) is 25.8. The fraction of sp³-hybridized carbons (Fsp3) is 0.435. The summed E-state index contributed by atoms with van der Waals surface area (Å²) in [5.41, 5.74) is 10.1. The third kappa shape index (κ3) is 10.4. The Morgan fingerprint density at radius 1 is 1.27 bits per heavy atom. The number of carbonyl (C=O) groups excluding carboxylic acids is 1. The SMILES string of the molecule is C#C.C/C=C\C(=C(\C)CC)c1ccc(OC)cc1C.CCCCC(N)=O. The number of carbonyl (C=O) groups is 1. The van der Waals surface area contributed by atoms with Gasteiger partial charge in [-0.25, -0.2) is 0 Å². The summed E-state index contributed by atoms with van der Waals surface area (Å²) in [6.07, 6.45) is 15.9. The quantitative estimate of drug-likeness (QED) is 0.504. The number of allylic oxidation sites excluding steroid dienone is 4. The number of nitrogens with two attached hydrogens (primary N) is 1. The minimum Gasteiger partial charge on any atom is -0.497 e. The Bertz CT molecular complexity index is 610. The van der Waals surface area contributed by atoms with Gasteiger partial charge in [-0.1, -0.05) is 44.1 Å². The zero-order chi connectivity index (χ0) is 20.5. The Morgan fingerprint density at radius 3 is 2.23 bits per heavy atom. The summed E-state index contributed by atoms with van der Waals surface area (Å²) in [7, 11) is 1.70. The molecule has 0 aromatic heterocycles. The maximum absolute atomic E-state index is 9.98. The number of rotatable bonds is 7. The first-order chi connectivity index (χ1) is 12.4. The second-order valence-electron chi connectivity index (χ2n) is 5.80. The number of amides is 1. The monoisotopic (exact) mass is 357 g/mol. The molecule has 1 rings (SSSR count). The van der Waals surface area contributed by atoms with Crippen molar-refractivity contribution in [3.63, 3.8) is 0 Å². The molecule has 0 saturated heterocycles. The van der Waals surface area contributed by atoms with Crippen LogP contribution in [0.15, 0.2) is 35.9 Å². The van der Waals surface area contributed by atoms with Crippen LogP contribution < -0.4 is 10.5 Å². The molecule has 0 spiro atoms. The number of terminal acetylenes is 1. The molecule has 3 nitrogen and oxygen atoms in total. The minimum atomic E-state index is -0.193. The molecule has 144 valence electrons. The van der Waals surface area contributed by atoms with Crippen LogP contribution in [0.4, 0.5) is 0 Å². The number of hydrogen-bond donors (Lipinski definition) is 1. The molecule has 0 bridgehead atoms. The number of benzene rings is 1. The summed E-state index contributed by atoms with van der Waals surface area (Å²) < 4.78 is 5.24. The lowest BCUT2D eigenvalue weighted by Gasteiger charge is -2.12. The van der Waals surface area contributed by atoms with Gasteiger partial charge in [0.1, 0.15) is 5.75 Å². The van der Waals surface area contributed by atoms with Gasteiger partial charge in [0.25, 0.3) is 0 Å². The van der Waals surface area contributed by atoms with Gasteiger partial charge < -0.3 is 10.5 Å². The molecular formula is C23H35NO2. The Kier molecular flexibility index (Phi) is 15.9. The van der Waals surface area contributed by atoms with E-state index < -0.39 is 0 Å². The normalized spacial score (nSPS) is 10.8. The molecular weight excluding hydrogens is 322 g/mol. The smallest absolute Gasteiger partial charge is 0.217 e. The van der Waals surface area contributed by atoms with Gasteiger partial charge in [-0.05, 0) is 62.4 Å². The van der Waals surface area contributed by atoms with Crippen LogP contribution in [0.3, 0.4) is 0 Å². The summed E-state index contributed by atoms with van der Waals surface area (Å²) in [5, 5.41) is 0. The zero-order valence-corrected chi connectivity index (χ0v) is 17.3. The number of unbranched alkanes of at least 4 members (excludes halogenated alkanes) is 1. The average molecular weight is 358 g/mol. The lowest BCUT2D eigenvalue weighted by Crippen LogP contribution is -2.09. The van der Waals surface area contributed by atoms with Crippen LogP contribution in [0, 0.1) is 19.8 Å². The highest BCUT2D eigenvalue weighted by Crippen LogP contribution is 2.27. The molecule has 0 fully saturated rings. The predicted octanol–water partition coefficient (Wildman–Crippen LogP) is 5.67. The third-order valence-corrected chi connectivity index (χ3v) is 3.82. The molecule has 1 aromatic rings. The largest absolute Gasteiger partial charge is 0.497 e. The molecule has 0 heterocycles. The fourth-order valence-electron chi connectivity index (χ4n) is 2.24. The van der Waals surface area contributed by atoms with Gasteiger partial charge in [0, 0.05) is 6.42 Å². The summed E-state index contributed by atoms with van der Waals surface area (Å²) in [6.45, 7) is 10.6. The summed E-state index contributed by atoms with van der Waals surface area (Å²) in [5.74, 6) is 0.724. The number of ether oxygens (including phenoxy) is 1. The lowest BCUT2D eigenvalue weighted by atomic mass is 9.95. The topological polar surface area (TPSA) is 52.3 Å². The lowest BCUT2D eigenvalue weighted by molar-refractivity contribution is -0.118. The maximum atomic E-state index is 9.98. The van der Waals surface area contributed by atoms with Crippen molar-refractivity contribution in [1.29, 1.82) is 0 Å². The second-order valence-corrected chi connectivity index (χ2v) is 5.80. The highest BCUT2D eigenvalue weighted by molar-refractivity contribution is 5.78. The van der Waals surface area contributed by atoms with E-state index in [1.54, 1.807) is 7.11 Å². The molecule has 0 unspecified atom stereocenters. The van der Waals surface area contributed by atoms with Crippen molar-refractivity contribution < 1.29 is 9.53 Å². The number of aryl methyl sites for hydroxylation is 1. The van der Waals surface area contributed by atoms with Gasteiger partial charge in [-0.15, -0.1) is 12.8 Å². The Hall–Kier alpha value is -2.47. The van der Waals surface area contributed by atoms with Gasteiger partial charge in [-0.2, -0.15) is 0 Å². The van der Waals surface area contributed by atoms with E-state index in [-0.39, 0.29) is 5.91 Å². The van der Waals surface area contributed by atoms with Gasteiger partial charge >= 0.3 is 0 Å². The third-order valence-electron chi connectivity index (χ3n) is 3.82. The Morgan fingerprint density at radius 2 is 1.88 bits per heavy atom. The summed E-state index contributed by atoms with van der Waals surface area (Å²) in [4.78, 5) is 9.98. The van der Waals surface area contributed by atoms with Gasteiger partial charge in [-0.3, -0.25) is 4.79 Å². The van der Waals surface area contributed by atoms with Crippen LogP contribution >= 0.6 is 0 Å². The number of hydrogen-bond acceptors (Lipinski definition) is 2. The molecule has 2 N–H and O–H groups in total. The van der Waals surface area contributed by atoms with Crippen LogP contribution in [-0.4, -0.2) is 13.0 Å². The van der Waals surface area contributed by atoms with E-state index in [4.69, 9.17) is 10.5 Å². The molecule has 0 aliphatic rings. The Balaban J connectivity index is 0. The molecule has 1 aromatic carbocycles. The van der Waals surface area contributed by atoms with E-state index in [0.29, 0.717) is 6.42 Å². The molecule has 3 heteroatoms. The van der Waals surface area contributed by atoms with Crippen molar-refractivity contribution in [2.45, 2.75) is 60.3 Å². The van der Waals surface area contributed by atoms with E-state index >= 15 is 0 Å². The van der Waals surface area contributed by atoms with Crippen LogP contribution in [0.5, 0.6) is 5.75 Å². The minimum absolute atomic E-state index is 0.193. The van der Waals surface area contributed by atoms with E-state index in [9.17, 15) is 4.79 Å². The highest BCUT2D eigenvalue weighted by atomic mass is 16.5. The van der Waals surface area contributed by atoms with Crippen molar-refractivity contribution in [3.05, 3.63) is 47.1 Å². The molecule has 0 atom stereocenters. The van der Waals surface area contributed by atoms with E-state index in [1.807, 2.05) is 13.0 Å². The first-order valence-electron chi connectivity index (χ1n) is 9.00. The first-order valence-corrected chi connectivity index (χ1v) is 9.00. The van der Waals surface area contributed by atoms with Gasteiger partial charge in [0.15, 0.2) is 0 Å². The molecule has 0 radical (unpaired) electrons. The van der Waals surface area contributed by atoms with Crippen LogP contribution in [-0.2, 0) is 4.79 Å². The predicted molar refractivity (Wildman–Crippen MR) is 114 cm³/mol. The van der Waals surface area contributed by atoms with Crippen molar-refractivity contribution >= 4 is 11.5 Å². The van der Waals surface area contributed by atoms with E-state index in [0.717, 1.165) is 25.0 Å². The van der Waals surface area contributed by atoms with Gasteiger partial charge in [0.05, 0.1) is 7.11 Å². The second kappa shape index (κ2) is 16.0. The summed E-state index contributed by atoms with van der Waals surface area (Å²) in [6, 6.07) is 6.25. The molecule has 0 aliphatic heterocycles. The Labute approximate surface area is 160 Å². The average Bonchev–Trinajstić information content (AvgIpc) is 2.66. The standard InChI is InChI=1S/C16H22O.C5H11NO.C2H2/c1-6-8-15(12(3)7-2)16-10-9-14(17-5)11-13(16)4;1-2-3-4-5(6)7;1-2/h6,8-11H,7H2,1-5H3;2-4H2,1H3,(H2,6,7);1-2H/b8-6-,15-12+;;. The molecule has 0 saturated carbocycles. The van der Waals surface area contributed by atoms with Crippen LogP contribution in [0.2, 0.25) is 0 Å². The van der Waals surface area contributed by atoms with Crippen molar-refractivity contribution in [3.8, 4) is 18.6 Å². The fourth-order valence-corrected chi connectivity index (χ4v) is 2.24. The number of primary amides is 1. The van der Waals surface area contributed by atoms with Crippen LogP contribution in [0.1, 0.15) is 64.5 Å². The van der Waals surface area contributed by atoms with Crippen molar-refractivity contribution in [2.75, 3.05) is 7.11 Å². The van der Waals surface area contributed by atoms with E-state index in [1.165, 1.54) is 22.3 Å². The van der Waals surface area contributed by atoms with Crippen molar-refractivity contribution in [1.82, 2.24) is 0 Å². The zero-order valence-electron chi connectivity index (χ0n) is 17.3. The van der Waals surface area contributed by atoms with Crippen LogP contribution in [0.25, 0.3) is 5.57 Å². The number of methoxy groups -OCH3 is 1. The summed E-state index contributed by atoms with van der Waals surface area (Å²) >= 11 is 0. The molecule has 26 heavy (non-hydrogen) atoms.